The number of fused-ring (bicyclic) bond motifs is 2. The van der Waals surface area contributed by atoms with E-state index in [1.807, 2.05) is 27.7 Å². The van der Waals surface area contributed by atoms with Gasteiger partial charge in [-0.05, 0) is 45.9 Å². The lowest BCUT2D eigenvalue weighted by molar-refractivity contribution is 0.0240. The van der Waals surface area contributed by atoms with Crippen LogP contribution in [0.4, 0.5) is 9.18 Å². The molecule has 3 aromatic rings. The number of carbonyl (C=O) groups is 1. The van der Waals surface area contributed by atoms with Crippen molar-refractivity contribution in [2.24, 2.45) is 0 Å². The molecule has 1 aliphatic heterocycles. The molecule has 0 radical (unpaired) electrons. The third-order valence-corrected chi connectivity index (χ3v) is 4.38. The lowest BCUT2D eigenvalue weighted by Gasteiger charge is -2.23. The molecule has 0 saturated carbocycles. The van der Waals surface area contributed by atoms with Crippen molar-refractivity contribution in [3.63, 3.8) is 0 Å². The number of aromatic nitrogens is 3. The molecule has 28 heavy (non-hydrogen) atoms. The summed E-state index contributed by atoms with van der Waals surface area (Å²) < 4.78 is 26.0. The number of hydrogen-bond acceptors (Lipinski definition) is 5. The Balaban J connectivity index is 1.60. The van der Waals surface area contributed by atoms with Gasteiger partial charge >= 0.3 is 6.09 Å². The lowest BCUT2D eigenvalue weighted by atomic mass is 10.2. The maximum atomic E-state index is 14.8. The van der Waals surface area contributed by atoms with E-state index in [4.69, 9.17) is 9.47 Å². The average Bonchev–Trinajstić information content (AvgIpc) is 3.20. The van der Waals surface area contributed by atoms with Crippen LogP contribution in [-0.4, -0.2) is 31.5 Å². The van der Waals surface area contributed by atoms with Gasteiger partial charge in [-0.1, -0.05) is 0 Å². The van der Waals surface area contributed by atoms with Gasteiger partial charge < -0.3 is 14.5 Å². The minimum absolute atomic E-state index is 0.0723. The lowest BCUT2D eigenvalue weighted by Crippen LogP contribution is -2.33. The third kappa shape index (κ3) is 3.37. The molecule has 0 atom stereocenters. The summed E-state index contributed by atoms with van der Waals surface area (Å²) in [5.41, 5.74) is 2.28. The summed E-state index contributed by atoms with van der Waals surface area (Å²) >= 11 is 0. The molecule has 8 heteroatoms. The highest BCUT2D eigenvalue weighted by atomic mass is 19.1. The van der Waals surface area contributed by atoms with Crippen molar-refractivity contribution in [1.82, 2.24) is 19.9 Å². The molecule has 4 rings (SSSR count). The fourth-order valence-corrected chi connectivity index (χ4v) is 3.17. The first-order valence-corrected chi connectivity index (χ1v) is 8.97. The number of aryl methyl sites for hydroxylation is 1. The molecular formula is C20H21FN4O3. The molecule has 0 saturated heterocycles. The Bertz CT molecular complexity index is 1070. The number of H-pyrrole nitrogens is 1. The summed E-state index contributed by atoms with van der Waals surface area (Å²) in [6, 6.07) is 5.05. The standard InChI is InChI=1S/C20H21FN4O3/c1-11-7-12-14(24-11)5-6-16(17(12)21)27-18-13-8-25(9-15(13)22-10-23-18)19(26)28-20(2,3)4/h5-7,10,24H,8-9H2,1-4H3. The van der Waals surface area contributed by atoms with Crippen LogP contribution in [0, 0.1) is 12.7 Å². The summed E-state index contributed by atoms with van der Waals surface area (Å²) in [5.74, 6) is -0.152. The van der Waals surface area contributed by atoms with E-state index in [-0.39, 0.29) is 18.2 Å². The zero-order chi connectivity index (χ0) is 20.1. The minimum atomic E-state index is -0.593. The maximum absolute atomic E-state index is 14.8. The highest BCUT2D eigenvalue weighted by molar-refractivity contribution is 5.82. The summed E-state index contributed by atoms with van der Waals surface area (Å²) in [6.45, 7) is 7.83. The van der Waals surface area contributed by atoms with Gasteiger partial charge in [-0.2, -0.15) is 0 Å². The van der Waals surface area contributed by atoms with Crippen molar-refractivity contribution in [1.29, 1.82) is 0 Å². The van der Waals surface area contributed by atoms with Gasteiger partial charge in [0.1, 0.15) is 11.9 Å². The second kappa shape index (κ2) is 6.47. The van der Waals surface area contributed by atoms with Crippen molar-refractivity contribution in [2.45, 2.75) is 46.4 Å². The normalized spacial score (nSPS) is 13.7. The minimum Gasteiger partial charge on any atom is -0.444 e. The van der Waals surface area contributed by atoms with Gasteiger partial charge in [0.2, 0.25) is 5.88 Å². The largest absolute Gasteiger partial charge is 0.444 e. The third-order valence-electron chi connectivity index (χ3n) is 4.38. The Labute approximate surface area is 161 Å². The second-order valence-corrected chi connectivity index (χ2v) is 7.83. The number of benzene rings is 1. The number of amides is 1. The molecule has 0 unspecified atom stereocenters. The van der Waals surface area contributed by atoms with Crippen molar-refractivity contribution in [3.05, 3.63) is 47.3 Å². The molecule has 3 heterocycles. The van der Waals surface area contributed by atoms with Gasteiger partial charge in [-0.15, -0.1) is 0 Å². The van der Waals surface area contributed by atoms with Gasteiger partial charge in [-0.25, -0.2) is 19.2 Å². The number of aromatic amines is 1. The summed E-state index contributed by atoms with van der Waals surface area (Å²) in [6.07, 6.45) is 0.913. The zero-order valence-electron chi connectivity index (χ0n) is 16.2. The first kappa shape index (κ1) is 18.2. The van der Waals surface area contributed by atoms with Crippen LogP contribution >= 0.6 is 0 Å². The zero-order valence-corrected chi connectivity index (χ0v) is 16.2. The molecule has 7 nitrogen and oxygen atoms in total. The number of nitrogens with zero attached hydrogens (tertiary/aromatic N) is 3. The van der Waals surface area contributed by atoms with Gasteiger partial charge in [0, 0.05) is 16.6 Å². The SMILES string of the molecule is Cc1cc2c(F)c(Oc3ncnc4c3CN(C(=O)OC(C)(C)C)C4)ccc2[nH]1. The first-order valence-electron chi connectivity index (χ1n) is 8.97. The summed E-state index contributed by atoms with van der Waals surface area (Å²) in [4.78, 5) is 25.3. The molecular weight excluding hydrogens is 363 g/mol. The van der Waals surface area contributed by atoms with Crippen LogP contribution in [0.15, 0.2) is 24.5 Å². The molecule has 1 aliphatic rings. The number of halogens is 1. The molecule has 146 valence electrons. The predicted octanol–water partition coefficient (Wildman–Crippen LogP) is 4.45. The molecule has 1 amide bonds. The highest BCUT2D eigenvalue weighted by Gasteiger charge is 2.31. The monoisotopic (exact) mass is 384 g/mol. The Morgan fingerprint density at radius 1 is 1.25 bits per heavy atom. The molecule has 0 bridgehead atoms. The van der Waals surface area contributed by atoms with Crippen LogP contribution in [0.2, 0.25) is 0 Å². The van der Waals surface area contributed by atoms with E-state index in [0.29, 0.717) is 28.7 Å². The van der Waals surface area contributed by atoms with E-state index in [1.165, 1.54) is 11.2 Å². The molecule has 0 fully saturated rings. The summed E-state index contributed by atoms with van der Waals surface area (Å²) in [7, 11) is 0. The fourth-order valence-electron chi connectivity index (χ4n) is 3.17. The van der Waals surface area contributed by atoms with E-state index in [2.05, 4.69) is 15.0 Å². The van der Waals surface area contributed by atoms with E-state index in [1.54, 1.807) is 18.2 Å². The number of carbonyl (C=O) groups excluding carboxylic acids is 1. The second-order valence-electron chi connectivity index (χ2n) is 7.83. The van der Waals surface area contributed by atoms with E-state index >= 15 is 0 Å². The summed E-state index contributed by atoms with van der Waals surface area (Å²) in [5, 5.41) is 0.455. The van der Waals surface area contributed by atoms with Crippen molar-refractivity contribution in [2.75, 3.05) is 0 Å². The van der Waals surface area contributed by atoms with Crippen LogP contribution in [0.3, 0.4) is 0 Å². The van der Waals surface area contributed by atoms with Gasteiger partial charge in [0.25, 0.3) is 0 Å². The number of hydrogen-bond donors (Lipinski definition) is 1. The van der Waals surface area contributed by atoms with Gasteiger partial charge in [0.15, 0.2) is 11.6 Å². The van der Waals surface area contributed by atoms with Crippen molar-refractivity contribution < 1.29 is 18.7 Å². The topological polar surface area (TPSA) is 80.3 Å². The number of ether oxygens (including phenoxy) is 2. The van der Waals surface area contributed by atoms with Crippen LogP contribution in [0.1, 0.15) is 37.7 Å². The van der Waals surface area contributed by atoms with Crippen LogP contribution in [0.25, 0.3) is 10.9 Å². The maximum Gasteiger partial charge on any atom is 0.410 e. The predicted molar refractivity (Wildman–Crippen MR) is 101 cm³/mol. The number of rotatable bonds is 2. The van der Waals surface area contributed by atoms with Gasteiger partial charge in [0.05, 0.1) is 24.3 Å². The molecule has 2 aromatic heterocycles. The Kier molecular flexibility index (Phi) is 4.21. The van der Waals surface area contributed by atoms with E-state index < -0.39 is 17.5 Å². The van der Waals surface area contributed by atoms with Crippen LogP contribution in [-0.2, 0) is 17.8 Å². The van der Waals surface area contributed by atoms with Crippen LogP contribution < -0.4 is 4.74 Å². The smallest absolute Gasteiger partial charge is 0.410 e. The molecule has 0 spiro atoms. The quantitative estimate of drug-likeness (QED) is 0.706. The fraction of sp³-hybridized carbons (Fsp3) is 0.350. The van der Waals surface area contributed by atoms with Crippen molar-refractivity contribution >= 4 is 17.0 Å². The Hall–Kier alpha value is -3.16. The average molecular weight is 384 g/mol. The first-order chi connectivity index (χ1) is 13.2. The Morgan fingerprint density at radius 3 is 2.79 bits per heavy atom. The number of nitrogens with one attached hydrogen (secondary N) is 1. The highest BCUT2D eigenvalue weighted by Crippen LogP contribution is 2.34. The molecule has 1 aromatic carbocycles. The van der Waals surface area contributed by atoms with E-state index in [9.17, 15) is 9.18 Å². The molecule has 0 aliphatic carbocycles. The Morgan fingerprint density at radius 2 is 2.04 bits per heavy atom. The molecule has 1 N–H and O–H groups in total. The van der Waals surface area contributed by atoms with Gasteiger partial charge in [-0.3, -0.25) is 4.90 Å². The van der Waals surface area contributed by atoms with E-state index in [0.717, 1.165) is 5.69 Å². The van der Waals surface area contributed by atoms with Crippen LogP contribution in [0.5, 0.6) is 11.6 Å². The van der Waals surface area contributed by atoms with Crippen molar-refractivity contribution in [3.8, 4) is 11.6 Å².